The minimum Gasteiger partial charge on any atom is -0.497 e. The Hall–Kier alpha value is -2.27. The van der Waals surface area contributed by atoms with Gasteiger partial charge in [0, 0.05) is 5.56 Å². The topological polar surface area (TPSA) is 47.1 Å². The molecule has 0 radical (unpaired) electrons. The molecule has 1 saturated heterocycles. The summed E-state index contributed by atoms with van der Waals surface area (Å²) in [5.74, 6) is 1.80. The number of carbonyl (C=O) groups is 1. The molecule has 1 aliphatic rings. The molecule has 0 atom stereocenters. The lowest BCUT2D eigenvalue weighted by atomic mass is 10.1. The first kappa shape index (κ1) is 14.7. The van der Waals surface area contributed by atoms with Gasteiger partial charge in [0.25, 0.3) is 5.91 Å². The van der Waals surface area contributed by atoms with Crippen LogP contribution in [0.3, 0.4) is 0 Å². The fraction of sp³-hybridized carbons (Fsp3) is 0.353. The lowest BCUT2D eigenvalue weighted by molar-refractivity contribution is -0.918. The molecular weight excluding hydrogens is 280 g/mol. The second kappa shape index (κ2) is 6.66. The second-order valence-electron chi connectivity index (χ2n) is 5.53. The van der Waals surface area contributed by atoms with Crippen LogP contribution in [0.15, 0.2) is 47.1 Å². The van der Waals surface area contributed by atoms with E-state index in [1.807, 2.05) is 35.2 Å². The summed E-state index contributed by atoms with van der Waals surface area (Å²) >= 11 is 0. The number of nitrogens with zero attached hydrogens (tertiary/aromatic N) is 1. The number of quaternary nitrogens is 1. The number of nitrogens with one attached hydrogen (secondary N) is 1. The van der Waals surface area contributed by atoms with E-state index in [1.54, 1.807) is 19.4 Å². The molecule has 1 aromatic heterocycles. The van der Waals surface area contributed by atoms with Gasteiger partial charge in [-0.1, -0.05) is 6.07 Å². The maximum Gasteiger partial charge on any atom is 0.254 e. The Labute approximate surface area is 130 Å². The van der Waals surface area contributed by atoms with Gasteiger partial charge in [-0.25, -0.2) is 0 Å². The minimum absolute atomic E-state index is 0.0796. The van der Waals surface area contributed by atoms with Gasteiger partial charge in [0.2, 0.25) is 0 Å². The van der Waals surface area contributed by atoms with E-state index in [0.717, 1.165) is 38.5 Å². The number of ether oxygens (including phenoxy) is 1. The number of hydrogen-bond acceptors (Lipinski definition) is 3. The standard InChI is InChI=1S/C17H20N2O3/c1-21-15-5-2-4-14(12-15)17(20)19-9-7-18(8-10-19)13-16-6-3-11-22-16/h2-6,11-12H,7-10,13H2,1H3/p+1. The second-order valence-corrected chi connectivity index (χ2v) is 5.53. The molecule has 3 rings (SSSR count). The van der Waals surface area contributed by atoms with Gasteiger partial charge in [0.15, 0.2) is 5.76 Å². The molecule has 1 fully saturated rings. The van der Waals surface area contributed by atoms with Gasteiger partial charge < -0.3 is 19.0 Å². The molecule has 0 bridgehead atoms. The molecule has 22 heavy (non-hydrogen) atoms. The summed E-state index contributed by atoms with van der Waals surface area (Å²) in [6, 6.07) is 11.3. The van der Waals surface area contributed by atoms with E-state index in [2.05, 4.69) is 0 Å². The summed E-state index contributed by atoms with van der Waals surface area (Å²) in [4.78, 5) is 15.9. The van der Waals surface area contributed by atoms with Gasteiger partial charge in [0.1, 0.15) is 12.3 Å². The number of benzene rings is 1. The van der Waals surface area contributed by atoms with Crippen molar-refractivity contribution in [3.05, 3.63) is 54.0 Å². The van der Waals surface area contributed by atoms with Crippen LogP contribution in [0.5, 0.6) is 5.75 Å². The SMILES string of the molecule is COc1cccc(C(=O)N2CC[NH+](Cc3ccco3)CC2)c1. The van der Waals surface area contributed by atoms with E-state index in [0.29, 0.717) is 11.3 Å². The predicted octanol–water partition coefficient (Wildman–Crippen LogP) is 0.829. The van der Waals surface area contributed by atoms with Gasteiger partial charge >= 0.3 is 0 Å². The summed E-state index contributed by atoms with van der Waals surface area (Å²) in [6.45, 7) is 4.30. The van der Waals surface area contributed by atoms with E-state index in [9.17, 15) is 4.79 Å². The first-order valence-electron chi connectivity index (χ1n) is 7.55. The van der Waals surface area contributed by atoms with Crippen molar-refractivity contribution in [1.82, 2.24) is 4.90 Å². The highest BCUT2D eigenvalue weighted by Gasteiger charge is 2.25. The lowest BCUT2D eigenvalue weighted by Gasteiger charge is -2.31. The number of carbonyl (C=O) groups excluding carboxylic acids is 1. The maximum atomic E-state index is 12.5. The first-order valence-corrected chi connectivity index (χ1v) is 7.55. The normalized spacial score (nSPS) is 15.8. The van der Waals surface area contributed by atoms with E-state index < -0.39 is 0 Å². The van der Waals surface area contributed by atoms with E-state index in [1.165, 1.54) is 4.90 Å². The van der Waals surface area contributed by atoms with Gasteiger partial charge in [-0.05, 0) is 30.3 Å². The van der Waals surface area contributed by atoms with Gasteiger partial charge in [0.05, 0.1) is 39.6 Å². The Morgan fingerprint density at radius 3 is 2.77 bits per heavy atom. The van der Waals surface area contributed by atoms with Crippen LogP contribution in [0.4, 0.5) is 0 Å². The van der Waals surface area contributed by atoms with Crippen molar-refractivity contribution >= 4 is 5.91 Å². The molecule has 5 heteroatoms. The highest BCUT2D eigenvalue weighted by Crippen LogP contribution is 2.14. The molecule has 0 saturated carbocycles. The van der Waals surface area contributed by atoms with Crippen LogP contribution in [-0.2, 0) is 6.54 Å². The third-order valence-electron chi connectivity index (χ3n) is 4.08. The van der Waals surface area contributed by atoms with Crippen molar-refractivity contribution in [3.63, 3.8) is 0 Å². The molecule has 0 aliphatic carbocycles. The third-order valence-corrected chi connectivity index (χ3v) is 4.08. The monoisotopic (exact) mass is 301 g/mol. The number of methoxy groups -OCH3 is 1. The van der Waals surface area contributed by atoms with Crippen molar-refractivity contribution in [2.45, 2.75) is 6.54 Å². The Kier molecular flexibility index (Phi) is 4.44. The van der Waals surface area contributed by atoms with Crippen molar-refractivity contribution in [2.24, 2.45) is 0 Å². The number of amides is 1. The van der Waals surface area contributed by atoms with Gasteiger partial charge in [-0.15, -0.1) is 0 Å². The largest absolute Gasteiger partial charge is 0.497 e. The van der Waals surface area contributed by atoms with Crippen LogP contribution >= 0.6 is 0 Å². The van der Waals surface area contributed by atoms with Gasteiger partial charge in [-0.3, -0.25) is 4.79 Å². The van der Waals surface area contributed by atoms with Gasteiger partial charge in [-0.2, -0.15) is 0 Å². The van der Waals surface area contributed by atoms with Crippen LogP contribution in [0, 0.1) is 0 Å². The third kappa shape index (κ3) is 3.31. The fourth-order valence-corrected chi connectivity index (χ4v) is 2.80. The average Bonchev–Trinajstić information content (AvgIpc) is 3.08. The Morgan fingerprint density at radius 2 is 2.09 bits per heavy atom. The molecular formula is C17H21N2O3+. The highest BCUT2D eigenvalue weighted by atomic mass is 16.5. The Morgan fingerprint density at radius 1 is 1.27 bits per heavy atom. The minimum atomic E-state index is 0.0796. The van der Waals surface area contributed by atoms with E-state index in [-0.39, 0.29) is 5.91 Å². The zero-order valence-electron chi connectivity index (χ0n) is 12.7. The summed E-state index contributed by atoms with van der Waals surface area (Å²) in [5.41, 5.74) is 0.689. The number of piperazine rings is 1. The summed E-state index contributed by atoms with van der Waals surface area (Å²) in [7, 11) is 1.61. The smallest absolute Gasteiger partial charge is 0.254 e. The molecule has 1 N–H and O–H groups in total. The summed E-state index contributed by atoms with van der Waals surface area (Å²) in [5, 5.41) is 0. The molecule has 0 unspecified atom stereocenters. The number of rotatable bonds is 4. The molecule has 1 aromatic carbocycles. The zero-order valence-corrected chi connectivity index (χ0v) is 12.7. The molecule has 2 heterocycles. The predicted molar refractivity (Wildman–Crippen MR) is 82.0 cm³/mol. The molecule has 1 amide bonds. The van der Waals surface area contributed by atoms with Crippen LogP contribution in [0.2, 0.25) is 0 Å². The van der Waals surface area contributed by atoms with E-state index >= 15 is 0 Å². The van der Waals surface area contributed by atoms with Crippen molar-refractivity contribution < 1.29 is 18.8 Å². The van der Waals surface area contributed by atoms with Crippen LogP contribution in [0.1, 0.15) is 16.1 Å². The van der Waals surface area contributed by atoms with Crippen molar-refractivity contribution in [3.8, 4) is 5.75 Å². The molecule has 1 aliphatic heterocycles. The van der Waals surface area contributed by atoms with Crippen molar-refractivity contribution in [2.75, 3.05) is 33.3 Å². The quantitative estimate of drug-likeness (QED) is 0.910. The van der Waals surface area contributed by atoms with Crippen LogP contribution < -0.4 is 9.64 Å². The number of hydrogen-bond donors (Lipinski definition) is 1. The Balaban J connectivity index is 1.57. The maximum absolute atomic E-state index is 12.5. The molecule has 2 aromatic rings. The highest BCUT2D eigenvalue weighted by molar-refractivity contribution is 5.94. The average molecular weight is 301 g/mol. The first-order chi connectivity index (χ1) is 10.8. The lowest BCUT2D eigenvalue weighted by Crippen LogP contribution is -3.13. The number of furan rings is 1. The van der Waals surface area contributed by atoms with Crippen molar-refractivity contribution in [1.29, 1.82) is 0 Å². The molecule has 0 spiro atoms. The zero-order chi connectivity index (χ0) is 15.4. The van der Waals surface area contributed by atoms with Crippen LogP contribution in [0.25, 0.3) is 0 Å². The van der Waals surface area contributed by atoms with E-state index in [4.69, 9.17) is 9.15 Å². The molecule has 116 valence electrons. The molecule has 5 nitrogen and oxygen atoms in total. The fourth-order valence-electron chi connectivity index (χ4n) is 2.80. The summed E-state index contributed by atoms with van der Waals surface area (Å²) in [6.07, 6.45) is 1.71. The Bertz CT molecular complexity index is 617. The van der Waals surface area contributed by atoms with Crippen LogP contribution in [-0.4, -0.2) is 44.1 Å². The summed E-state index contributed by atoms with van der Waals surface area (Å²) < 4.78 is 10.6.